The summed E-state index contributed by atoms with van der Waals surface area (Å²) in [4.78, 5) is 26.1. The highest BCUT2D eigenvalue weighted by molar-refractivity contribution is 5.85. The molecule has 8 fully saturated rings. The van der Waals surface area contributed by atoms with Gasteiger partial charge in [-0.3, -0.25) is 9.59 Å². The number of fused-ring (bicyclic) bond motifs is 10. The molecular formula is C48H78O3. The fraction of sp³-hybridized carbons (Fsp3) is 0.958. The molecule has 3 nitrogen and oxygen atoms in total. The number of esters is 2. The van der Waals surface area contributed by atoms with E-state index in [2.05, 4.69) is 41.5 Å². The number of hydrogen-bond donors (Lipinski definition) is 0. The number of hydrogen-bond acceptors (Lipinski definition) is 3. The van der Waals surface area contributed by atoms with Crippen molar-refractivity contribution < 1.29 is 14.3 Å². The third-order valence-electron chi connectivity index (χ3n) is 20.5. The predicted molar refractivity (Wildman–Crippen MR) is 208 cm³/mol. The topological polar surface area (TPSA) is 43.4 Å². The van der Waals surface area contributed by atoms with Crippen LogP contribution in [0.3, 0.4) is 0 Å². The first kappa shape index (κ1) is 37.1. The summed E-state index contributed by atoms with van der Waals surface area (Å²) < 4.78 is 5.53. The number of rotatable bonds is 8. The van der Waals surface area contributed by atoms with Crippen molar-refractivity contribution in [2.75, 3.05) is 0 Å². The van der Waals surface area contributed by atoms with Crippen LogP contribution in [0.4, 0.5) is 0 Å². The van der Waals surface area contributed by atoms with E-state index < -0.39 is 0 Å². The molecule has 0 heterocycles. The second-order valence-electron chi connectivity index (χ2n) is 22.1. The molecule has 288 valence electrons. The van der Waals surface area contributed by atoms with Crippen LogP contribution in [0.5, 0.6) is 0 Å². The van der Waals surface area contributed by atoms with Gasteiger partial charge in [-0.1, -0.05) is 67.2 Å². The second-order valence-corrected chi connectivity index (χ2v) is 22.1. The lowest BCUT2D eigenvalue weighted by atomic mass is 9.44. The van der Waals surface area contributed by atoms with Crippen molar-refractivity contribution in [1.29, 1.82) is 0 Å². The molecule has 0 aromatic carbocycles. The molecule has 0 aromatic heterocycles. The molecule has 0 aromatic rings. The Balaban J connectivity index is 0.795. The van der Waals surface area contributed by atoms with Gasteiger partial charge in [-0.15, -0.1) is 0 Å². The number of carbonyl (C=O) groups excluding carboxylic acids is 2. The third-order valence-corrected chi connectivity index (χ3v) is 20.5. The SMILES string of the molecule is C[C@H](CCC(=O)OC(=O)CC[C@@H](C)[C@H]1CC[C@H]2[C@@H]3CCC4CCCC[C@]4(C)[C@H]3CC[C@]12C)[C@H]1CC[C@H]2[C@@H]3CCC4CCCC[C@]4(C)[C@H]3CC[C@]12C. The van der Waals surface area contributed by atoms with Crippen molar-refractivity contribution in [3.8, 4) is 0 Å². The number of carbonyl (C=O) groups is 2. The first-order valence-corrected chi connectivity index (χ1v) is 23.1. The Morgan fingerprint density at radius 3 is 1.33 bits per heavy atom. The smallest absolute Gasteiger partial charge is 0.313 e. The van der Waals surface area contributed by atoms with E-state index in [9.17, 15) is 9.59 Å². The first-order valence-electron chi connectivity index (χ1n) is 23.1. The van der Waals surface area contributed by atoms with Crippen LogP contribution < -0.4 is 0 Å². The molecule has 0 N–H and O–H groups in total. The highest BCUT2D eigenvalue weighted by Crippen LogP contribution is 2.70. The lowest BCUT2D eigenvalue weighted by Gasteiger charge is -2.61. The average Bonchev–Trinajstić information content (AvgIpc) is 3.66. The van der Waals surface area contributed by atoms with Crippen LogP contribution in [0, 0.1) is 92.7 Å². The molecule has 16 atom stereocenters. The summed E-state index contributed by atoms with van der Waals surface area (Å²) in [5, 5.41) is 0. The third kappa shape index (κ3) is 6.16. The maximum absolute atomic E-state index is 13.0. The van der Waals surface area contributed by atoms with Gasteiger partial charge in [-0.2, -0.15) is 0 Å². The van der Waals surface area contributed by atoms with E-state index in [1.165, 1.54) is 128 Å². The van der Waals surface area contributed by atoms with Crippen molar-refractivity contribution in [3.05, 3.63) is 0 Å². The molecule has 0 spiro atoms. The lowest BCUT2D eigenvalue weighted by molar-refractivity contribution is -0.160. The monoisotopic (exact) mass is 703 g/mol. The van der Waals surface area contributed by atoms with E-state index in [1.54, 1.807) is 0 Å². The summed E-state index contributed by atoms with van der Waals surface area (Å²) in [7, 11) is 0. The average molecular weight is 703 g/mol. The highest BCUT2D eigenvalue weighted by Gasteiger charge is 2.61. The zero-order valence-corrected chi connectivity index (χ0v) is 34.1. The maximum atomic E-state index is 13.0. The van der Waals surface area contributed by atoms with Crippen molar-refractivity contribution in [1.82, 2.24) is 0 Å². The molecule has 3 heteroatoms. The second kappa shape index (κ2) is 14.0. The molecule has 8 aliphatic carbocycles. The Labute approximate surface area is 313 Å². The van der Waals surface area contributed by atoms with Crippen molar-refractivity contribution in [2.45, 2.75) is 196 Å². The van der Waals surface area contributed by atoms with Crippen LogP contribution in [-0.4, -0.2) is 11.9 Å². The molecule has 0 bridgehead atoms. The Morgan fingerprint density at radius 2 is 0.902 bits per heavy atom. The quantitative estimate of drug-likeness (QED) is 0.187. The summed E-state index contributed by atoms with van der Waals surface area (Å²) in [5.41, 5.74) is 2.06. The lowest BCUT2D eigenvalue weighted by Crippen LogP contribution is -2.53. The first-order chi connectivity index (χ1) is 24.4. The van der Waals surface area contributed by atoms with Gasteiger partial charge in [0.1, 0.15) is 0 Å². The zero-order valence-electron chi connectivity index (χ0n) is 34.1. The van der Waals surface area contributed by atoms with Crippen molar-refractivity contribution in [2.24, 2.45) is 92.7 Å². The van der Waals surface area contributed by atoms with Gasteiger partial charge in [0.05, 0.1) is 0 Å². The predicted octanol–water partition coefficient (Wildman–Crippen LogP) is 13.0. The van der Waals surface area contributed by atoms with Gasteiger partial charge in [0.15, 0.2) is 0 Å². The van der Waals surface area contributed by atoms with Gasteiger partial charge in [-0.05, 0) is 208 Å². The summed E-state index contributed by atoms with van der Waals surface area (Å²) in [6.07, 6.45) is 31.3. The van der Waals surface area contributed by atoms with E-state index in [-0.39, 0.29) is 11.9 Å². The Morgan fingerprint density at radius 1 is 0.490 bits per heavy atom. The Bertz CT molecular complexity index is 1190. The molecule has 0 aliphatic heterocycles. The Hall–Kier alpha value is -0.860. The molecule has 0 saturated heterocycles. The van der Waals surface area contributed by atoms with Crippen LogP contribution in [-0.2, 0) is 14.3 Å². The van der Waals surface area contributed by atoms with E-state index in [4.69, 9.17) is 4.74 Å². The van der Waals surface area contributed by atoms with Gasteiger partial charge >= 0.3 is 11.9 Å². The van der Waals surface area contributed by atoms with Gasteiger partial charge in [0, 0.05) is 12.8 Å². The van der Waals surface area contributed by atoms with Gasteiger partial charge in [-0.25, -0.2) is 0 Å². The molecule has 2 unspecified atom stereocenters. The maximum Gasteiger partial charge on any atom is 0.313 e. The van der Waals surface area contributed by atoms with Crippen LogP contribution in [0.1, 0.15) is 196 Å². The summed E-state index contributed by atoms with van der Waals surface area (Å²) in [6.45, 7) is 15.5. The largest absolute Gasteiger partial charge is 0.393 e. The van der Waals surface area contributed by atoms with E-state index >= 15 is 0 Å². The van der Waals surface area contributed by atoms with Gasteiger partial charge < -0.3 is 4.74 Å². The fourth-order valence-corrected chi connectivity index (χ4v) is 17.9. The fourth-order valence-electron chi connectivity index (χ4n) is 17.9. The van der Waals surface area contributed by atoms with Crippen LogP contribution >= 0.6 is 0 Å². The molecular weight excluding hydrogens is 625 g/mol. The molecule has 8 saturated carbocycles. The summed E-state index contributed by atoms with van der Waals surface area (Å²) in [6, 6.07) is 0. The molecule has 8 rings (SSSR count). The normalized spacial score (nSPS) is 50.0. The van der Waals surface area contributed by atoms with Crippen LogP contribution in [0.25, 0.3) is 0 Å². The minimum Gasteiger partial charge on any atom is -0.393 e. The minimum atomic E-state index is -0.274. The van der Waals surface area contributed by atoms with Crippen molar-refractivity contribution >= 4 is 11.9 Å². The zero-order chi connectivity index (χ0) is 35.8. The van der Waals surface area contributed by atoms with Crippen LogP contribution in [0.15, 0.2) is 0 Å². The standard InChI is InChI=1S/C48H78O3/c1-31(37-19-21-39-35-17-15-33-11-7-9-27-45(33,3)41(35)25-29-47(37,39)5)13-23-43(49)51-44(50)24-14-32(2)38-20-22-40-36-18-16-34-12-8-10-28-46(34,4)42(36)26-30-48(38,40)6/h31-42H,7-30H2,1-6H3/t31-,32-,33?,34?,35+,36+,37-,38-,39+,40+,41+,42+,45+,46+,47-,48-/m1/s1. The number of ether oxygens (including phenoxy) is 1. The Kier molecular flexibility index (Phi) is 10.2. The molecule has 8 aliphatic rings. The summed E-state index contributed by atoms with van der Waals surface area (Å²) >= 11 is 0. The molecule has 0 radical (unpaired) electrons. The van der Waals surface area contributed by atoms with Crippen LogP contribution in [0.2, 0.25) is 0 Å². The molecule has 51 heavy (non-hydrogen) atoms. The van der Waals surface area contributed by atoms with E-state index in [1.807, 2.05) is 0 Å². The summed E-state index contributed by atoms with van der Waals surface area (Å²) in [5.74, 6) is 9.37. The molecule has 0 amide bonds. The van der Waals surface area contributed by atoms with E-state index in [0.717, 1.165) is 60.2 Å². The van der Waals surface area contributed by atoms with E-state index in [0.29, 0.717) is 58.2 Å². The van der Waals surface area contributed by atoms with Crippen molar-refractivity contribution in [3.63, 3.8) is 0 Å². The van der Waals surface area contributed by atoms with Gasteiger partial charge in [0.25, 0.3) is 0 Å². The van der Waals surface area contributed by atoms with Gasteiger partial charge in [0.2, 0.25) is 0 Å². The minimum absolute atomic E-state index is 0.274. The highest BCUT2D eigenvalue weighted by atomic mass is 16.6.